The van der Waals surface area contributed by atoms with Crippen LogP contribution in [0, 0.1) is 11.6 Å². The number of thioether (sulfide) groups is 3. The number of phenols is 3. The minimum absolute atomic E-state index is 0.00165. The summed E-state index contributed by atoms with van der Waals surface area (Å²) in [5.41, 5.74) is 3.89. The molecule has 3 aromatic heterocycles. The zero-order chi connectivity index (χ0) is 74.6. The lowest BCUT2D eigenvalue weighted by atomic mass is 10.1. The van der Waals surface area contributed by atoms with E-state index >= 15 is 0 Å². The lowest BCUT2D eigenvalue weighted by Crippen LogP contribution is -2.13. The second-order valence-electron chi connectivity index (χ2n) is 22.3. The van der Waals surface area contributed by atoms with Gasteiger partial charge in [0, 0.05) is 40.8 Å². The Morgan fingerprint density at radius 1 is 0.442 bits per heavy atom. The van der Waals surface area contributed by atoms with E-state index in [9.17, 15) is 63.7 Å². The number of anilines is 3. The first-order valence-electron chi connectivity index (χ1n) is 30.4. The summed E-state index contributed by atoms with van der Waals surface area (Å²) in [6.45, 7) is 3.86. The maximum atomic E-state index is 13.4. The molecule has 0 atom stereocenters. The molecule has 0 bridgehead atoms. The van der Waals surface area contributed by atoms with Crippen LogP contribution >= 0.6 is 46.9 Å². The van der Waals surface area contributed by atoms with Crippen molar-refractivity contribution in [2.45, 2.75) is 49.3 Å². The number of ether oxygens (including phenoxy) is 2. The summed E-state index contributed by atoms with van der Waals surface area (Å²) in [5.74, 6) is -4.49. The molecule has 12 aromatic rings. The third-order valence-corrected chi connectivity index (χ3v) is 22.0. The van der Waals surface area contributed by atoms with Gasteiger partial charge in [-0.3, -0.25) is 43.5 Å². The molecule has 534 valence electrons. The van der Waals surface area contributed by atoms with E-state index in [1.165, 1.54) is 104 Å². The van der Waals surface area contributed by atoms with Gasteiger partial charge in [0.05, 0.1) is 80.3 Å². The number of sulfonamides is 3. The molecule has 0 amide bonds. The van der Waals surface area contributed by atoms with E-state index in [0.29, 0.717) is 33.2 Å². The molecule has 0 aliphatic rings. The molecule has 0 saturated carbocycles. The molecule has 23 nitrogen and oxygen atoms in total. The zero-order valence-corrected chi connectivity index (χ0v) is 59.7. The predicted molar refractivity (Wildman–Crippen MR) is 395 cm³/mol. The molecule has 104 heavy (non-hydrogen) atoms. The summed E-state index contributed by atoms with van der Waals surface area (Å²) in [6, 6.07) is 48.9. The molecule has 0 saturated heterocycles. The fourth-order valence-corrected chi connectivity index (χ4v) is 15.5. The Bertz CT molecular complexity index is 5600. The van der Waals surface area contributed by atoms with Crippen LogP contribution in [0.1, 0.15) is 13.8 Å². The second-order valence-corrected chi connectivity index (χ2v) is 30.8. The van der Waals surface area contributed by atoms with E-state index in [2.05, 4.69) is 29.1 Å². The lowest BCUT2D eigenvalue weighted by Gasteiger charge is -2.15. The highest BCUT2D eigenvalue weighted by Crippen LogP contribution is 2.43. The predicted octanol–water partition coefficient (Wildman–Crippen LogP) is 15.6. The largest absolute Gasteiger partial charge is 0.506 e. The Morgan fingerprint density at radius 2 is 0.865 bits per heavy atom. The van der Waals surface area contributed by atoms with Gasteiger partial charge in [0.25, 0.3) is 30.1 Å². The number of aliphatic carboxylic acids is 3. The molecule has 0 spiro atoms. The van der Waals surface area contributed by atoms with Crippen LogP contribution in [-0.2, 0) is 44.5 Å². The van der Waals surface area contributed by atoms with Crippen LogP contribution in [0.15, 0.2) is 242 Å². The number of aromatic nitrogens is 3. The van der Waals surface area contributed by atoms with E-state index in [1.54, 1.807) is 72.8 Å². The zero-order valence-electron chi connectivity index (χ0n) is 54.0. The van der Waals surface area contributed by atoms with Crippen LogP contribution in [0.25, 0.3) is 55.0 Å². The van der Waals surface area contributed by atoms with Crippen molar-refractivity contribution in [1.29, 1.82) is 0 Å². The fraction of sp³-hybridized carbons (Fsp3) is 0.0833. The van der Waals surface area contributed by atoms with E-state index in [1.807, 2.05) is 44.2 Å². The molecule has 0 fully saturated rings. The number of rotatable bonds is 24. The highest BCUT2D eigenvalue weighted by Gasteiger charge is 2.25. The number of phenolic OH excluding ortho intramolecular Hbond substituents is 3. The van der Waals surface area contributed by atoms with Crippen molar-refractivity contribution in [3.05, 3.63) is 229 Å². The first-order valence-corrected chi connectivity index (χ1v) is 38.2. The third kappa shape index (κ3) is 19.0. The Hall–Kier alpha value is -10.9. The van der Waals surface area contributed by atoms with Crippen LogP contribution in [-0.4, -0.2) is 112 Å². The van der Waals surface area contributed by atoms with Crippen molar-refractivity contribution in [2.24, 2.45) is 0 Å². The van der Waals surface area contributed by atoms with Gasteiger partial charge in [-0.2, -0.15) is 0 Å². The van der Waals surface area contributed by atoms with Crippen molar-refractivity contribution in [3.63, 3.8) is 0 Å². The molecule has 0 unspecified atom stereocenters. The number of nitrogens with one attached hydrogen (secondary N) is 3. The van der Waals surface area contributed by atoms with E-state index in [0.717, 1.165) is 58.0 Å². The normalized spacial score (nSPS) is 11.4. The molecule has 0 aliphatic heterocycles. The number of halogens is 3. The number of aromatic hydroxyl groups is 3. The lowest BCUT2D eigenvalue weighted by molar-refractivity contribution is -0.134. The van der Waals surface area contributed by atoms with Gasteiger partial charge in [-0.15, -0.1) is 35.3 Å². The Kier molecular flexibility index (Phi) is 24.0. The molecule has 9 N–H and O–H groups in total. The summed E-state index contributed by atoms with van der Waals surface area (Å²) in [4.78, 5) is 45.9. The molecule has 3 heterocycles. The van der Waals surface area contributed by atoms with Crippen LogP contribution < -0.4 is 23.6 Å². The quantitative estimate of drug-likeness (QED) is 0.0200. The fourth-order valence-electron chi connectivity index (χ4n) is 9.92. The summed E-state index contributed by atoms with van der Waals surface area (Å²) < 4.78 is 124. The van der Waals surface area contributed by atoms with Crippen LogP contribution in [0.5, 0.6) is 34.5 Å². The highest BCUT2D eigenvalue weighted by atomic mass is 35.5. The van der Waals surface area contributed by atoms with Gasteiger partial charge >= 0.3 is 17.9 Å². The standard InChI is InChI=1S/C26H24N2O6S2.C23H16ClFN2O6S2.C23H17FN2O5S2/c1-16(2)34-19-8-3-6-17(12-19)18-7-4-9-20(13-18)36(32,33)28-22-14-23(35-15-24(29)30)26(31)21-10-5-11-27-25(21)22;24-17-10-14(5-8-18(17)25)33-13-3-6-15(7-4-13)35(31,32)27-19-11-20(34-12-21(28)29)23(30)22-16(19)2-1-9-26-22;24-16-7-3-14(4-8-16)15-5-9-17(10-6-15)33(30,31)26-19-12-20(32-13-21(27)28)23(29)22-18(19)2-1-11-25-22/h3-14,16,28,31H,15H2,1-2H3,(H,29,30);1-11,27,30H,12H2,(H,28,29);1-12,26,29H,13H2,(H,27,28). The summed E-state index contributed by atoms with van der Waals surface area (Å²) in [6.07, 6.45) is 4.36. The topological polar surface area (TPSA) is 368 Å². The van der Waals surface area contributed by atoms with Gasteiger partial charge in [0.15, 0.2) is 11.5 Å². The molecular formula is C72H57ClF2N6O17S6. The molecule has 9 aromatic carbocycles. The van der Waals surface area contributed by atoms with Crippen molar-refractivity contribution >= 4 is 145 Å². The average Bonchev–Trinajstić information content (AvgIpc) is 0.785. The molecule has 32 heteroatoms. The number of hydrogen-bond acceptors (Lipinski definition) is 20. The minimum atomic E-state index is -4.08. The first kappa shape index (κ1) is 75.7. The van der Waals surface area contributed by atoms with Crippen molar-refractivity contribution < 1.29 is 88.5 Å². The Morgan fingerprint density at radius 3 is 1.37 bits per heavy atom. The minimum Gasteiger partial charge on any atom is -0.506 e. The van der Waals surface area contributed by atoms with Crippen molar-refractivity contribution in [2.75, 3.05) is 31.4 Å². The van der Waals surface area contributed by atoms with Gasteiger partial charge in [0.2, 0.25) is 0 Å². The monoisotopic (exact) mass is 1540 g/mol. The van der Waals surface area contributed by atoms with E-state index in [4.69, 9.17) is 36.4 Å². The van der Waals surface area contributed by atoms with E-state index in [-0.39, 0.29) is 120 Å². The number of hydrogen-bond donors (Lipinski definition) is 9. The maximum absolute atomic E-state index is 13.4. The van der Waals surface area contributed by atoms with Crippen LogP contribution in [0.4, 0.5) is 25.8 Å². The maximum Gasteiger partial charge on any atom is 0.313 e. The number of fused-ring (bicyclic) bond motifs is 3. The van der Waals surface area contributed by atoms with Gasteiger partial charge in [-0.05, 0) is 176 Å². The summed E-state index contributed by atoms with van der Waals surface area (Å²) >= 11 is 8.33. The van der Waals surface area contributed by atoms with Gasteiger partial charge in [0.1, 0.15) is 45.7 Å². The summed E-state index contributed by atoms with van der Waals surface area (Å²) in [5, 5.41) is 59.4. The van der Waals surface area contributed by atoms with Crippen LogP contribution in [0.2, 0.25) is 5.02 Å². The smallest absolute Gasteiger partial charge is 0.313 e. The van der Waals surface area contributed by atoms with E-state index < -0.39 is 53.8 Å². The number of benzene rings is 9. The average molecular weight is 1540 g/mol. The van der Waals surface area contributed by atoms with Gasteiger partial charge in [-0.1, -0.05) is 60.1 Å². The van der Waals surface area contributed by atoms with Crippen molar-refractivity contribution in [3.8, 4) is 56.8 Å². The van der Waals surface area contributed by atoms with Crippen LogP contribution in [0.3, 0.4) is 0 Å². The van der Waals surface area contributed by atoms with Gasteiger partial charge in [-0.25, -0.2) is 34.0 Å². The number of carboxylic acid groups (broad SMARTS) is 3. The first-order chi connectivity index (χ1) is 49.5. The third-order valence-electron chi connectivity index (χ3n) is 14.6. The Labute approximate surface area is 610 Å². The molecule has 0 radical (unpaired) electrons. The summed E-state index contributed by atoms with van der Waals surface area (Å²) in [7, 11) is -12.1. The highest BCUT2D eigenvalue weighted by molar-refractivity contribution is 8.00. The number of pyridine rings is 3. The number of carbonyl (C=O) groups is 3. The SMILES string of the molecule is CC(C)Oc1cccc(-c2cccc(S(=O)(=O)Nc3cc(SCC(=O)O)c(O)c4cccnc34)c2)c1.O=C(O)CSc1cc(NS(=O)(=O)c2ccc(-c3ccc(F)cc3)cc2)c2cccnc2c1O.O=C(O)CSc1cc(NS(=O)(=O)c2ccc(Oc3ccc(F)c(Cl)c3)cc2)c2cccnc2c1O. The second kappa shape index (κ2) is 33.0. The van der Waals surface area contributed by atoms with Gasteiger partial charge < -0.3 is 40.1 Å². The number of nitrogens with zero attached hydrogens (tertiary/aromatic N) is 3. The molecule has 12 rings (SSSR count). The number of carboxylic acids is 3. The van der Waals surface area contributed by atoms with Crippen molar-refractivity contribution in [1.82, 2.24) is 15.0 Å². The molecular weight excluding hydrogens is 1490 g/mol. The Balaban J connectivity index is 0.000000168. The molecule has 0 aliphatic carbocycles.